The van der Waals surface area contributed by atoms with Crippen molar-refractivity contribution in [1.82, 2.24) is 5.32 Å². The fourth-order valence-corrected chi connectivity index (χ4v) is 2.14. The van der Waals surface area contributed by atoms with Gasteiger partial charge in [0.25, 0.3) is 5.91 Å². The highest BCUT2D eigenvalue weighted by Gasteiger charge is 2.06. The highest BCUT2D eigenvalue weighted by Crippen LogP contribution is 2.10. The molecular weight excluding hydrogens is 248 g/mol. The topological polar surface area (TPSA) is 55.1 Å². The minimum absolute atomic E-state index is 0.0560. The first-order chi connectivity index (χ1) is 9.74. The lowest BCUT2D eigenvalue weighted by molar-refractivity contribution is 0.0951. The van der Waals surface area contributed by atoms with Crippen LogP contribution in [0.4, 0.5) is 0 Å². The molecule has 0 atom stereocenters. The van der Waals surface area contributed by atoms with Crippen LogP contribution in [0.5, 0.6) is 0 Å². The van der Waals surface area contributed by atoms with Crippen LogP contribution in [-0.2, 0) is 19.5 Å². The molecule has 0 saturated carbocycles. The molecule has 0 spiro atoms. The molecule has 0 fully saturated rings. The molecular formula is C17H20N2O. The van der Waals surface area contributed by atoms with Crippen molar-refractivity contribution in [2.75, 3.05) is 0 Å². The fourth-order valence-electron chi connectivity index (χ4n) is 2.14. The number of amides is 1. The van der Waals surface area contributed by atoms with Gasteiger partial charge in [0.1, 0.15) is 0 Å². The average Bonchev–Trinajstić information content (AvgIpc) is 2.53. The molecule has 3 N–H and O–H groups in total. The quantitative estimate of drug-likeness (QED) is 0.876. The molecule has 0 aliphatic carbocycles. The van der Waals surface area contributed by atoms with Crippen LogP contribution in [0.15, 0.2) is 48.5 Å². The summed E-state index contributed by atoms with van der Waals surface area (Å²) >= 11 is 0. The second-order valence-electron chi connectivity index (χ2n) is 4.71. The summed E-state index contributed by atoms with van der Waals surface area (Å²) in [6, 6.07) is 15.6. The second-order valence-corrected chi connectivity index (χ2v) is 4.71. The summed E-state index contributed by atoms with van der Waals surface area (Å²) in [6.45, 7) is 3.17. The SMILES string of the molecule is CCc1ccccc1CNC(=O)c1ccc(CN)cc1. The van der Waals surface area contributed by atoms with Crippen molar-refractivity contribution in [2.24, 2.45) is 5.73 Å². The van der Waals surface area contributed by atoms with E-state index in [9.17, 15) is 4.79 Å². The number of rotatable bonds is 5. The Balaban J connectivity index is 2.01. The van der Waals surface area contributed by atoms with E-state index in [1.54, 1.807) is 0 Å². The van der Waals surface area contributed by atoms with Crippen LogP contribution in [0.25, 0.3) is 0 Å². The summed E-state index contributed by atoms with van der Waals surface area (Å²) in [5.41, 5.74) is 9.67. The lowest BCUT2D eigenvalue weighted by Gasteiger charge is -2.09. The first kappa shape index (κ1) is 14.3. The molecule has 0 bridgehead atoms. The van der Waals surface area contributed by atoms with E-state index >= 15 is 0 Å². The number of nitrogens with one attached hydrogen (secondary N) is 1. The largest absolute Gasteiger partial charge is 0.348 e. The zero-order valence-corrected chi connectivity index (χ0v) is 11.7. The molecule has 20 heavy (non-hydrogen) atoms. The smallest absolute Gasteiger partial charge is 0.251 e. The molecule has 0 unspecified atom stereocenters. The van der Waals surface area contributed by atoms with Gasteiger partial charge in [-0.05, 0) is 35.2 Å². The van der Waals surface area contributed by atoms with Gasteiger partial charge in [-0.15, -0.1) is 0 Å². The van der Waals surface area contributed by atoms with E-state index in [-0.39, 0.29) is 5.91 Å². The molecule has 2 aromatic rings. The lowest BCUT2D eigenvalue weighted by atomic mass is 10.1. The Morgan fingerprint density at radius 3 is 2.30 bits per heavy atom. The zero-order chi connectivity index (χ0) is 14.4. The Morgan fingerprint density at radius 2 is 1.70 bits per heavy atom. The third-order valence-electron chi connectivity index (χ3n) is 3.39. The zero-order valence-electron chi connectivity index (χ0n) is 11.7. The second kappa shape index (κ2) is 6.87. The summed E-state index contributed by atoms with van der Waals surface area (Å²) in [5, 5.41) is 2.96. The van der Waals surface area contributed by atoms with Crippen LogP contribution in [0.3, 0.4) is 0 Å². The highest BCUT2D eigenvalue weighted by atomic mass is 16.1. The number of aryl methyl sites for hydroxylation is 1. The molecule has 3 nitrogen and oxygen atoms in total. The van der Waals surface area contributed by atoms with Gasteiger partial charge in [0.15, 0.2) is 0 Å². The van der Waals surface area contributed by atoms with Gasteiger partial charge in [-0.1, -0.05) is 43.3 Å². The minimum Gasteiger partial charge on any atom is -0.348 e. The molecule has 0 aromatic heterocycles. The van der Waals surface area contributed by atoms with Gasteiger partial charge in [-0.3, -0.25) is 4.79 Å². The van der Waals surface area contributed by atoms with E-state index in [1.807, 2.05) is 36.4 Å². The maximum Gasteiger partial charge on any atom is 0.251 e. The summed E-state index contributed by atoms with van der Waals surface area (Å²) in [5.74, 6) is -0.0560. The summed E-state index contributed by atoms with van der Waals surface area (Å²) in [7, 11) is 0. The summed E-state index contributed by atoms with van der Waals surface area (Å²) in [6.07, 6.45) is 0.969. The normalized spacial score (nSPS) is 10.3. The highest BCUT2D eigenvalue weighted by molar-refractivity contribution is 5.94. The Hall–Kier alpha value is -2.13. The van der Waals surface area contributed by atoms with Gasteiger partial charge in [-0.2, -0.15) is 0 Å². The molecule has 0 heterocycles. The van der Waals surface area contributed by atoms with Crippen LogP contribution in [0.2, 0.25) is 0 Å². The molecule has 0 aliphatic rings. The van der Waals surface area contributed by atoms with Crippen molar-refractivity contribution in [3.8, 4) is 0 Å². The molecule has 0 saturated heterocycles. The fraction of sp³-hybridized carbons (Fsp3) is 0.235. The van der Waals surface area contributed by atoms with E-state index in [4.69, 9.17) is 5.73 Å². The Kier molecular flexibility index (Phi) is 4.91. The molecule has 104 valence electrons. The molecule has 1 amide bonds. The van der Waals surface area contributed by atoms with Crippen LogP contribution in [-0.4, -0.2) is 5.91 Å². The Labute approximate surface area is 119 Å². The van der Waals surface area contributed by atoms with Crippen molar-refractivity contribution >= 4 is 5.91 Å². The molecule has 0 radical (unpaired) electrons. The minimum atomic E-state index is -0.0560. The third-order valence-corrected chi connectivity index (χ3v) is 3.39. The van der Waals surface area contributed by atoms with E-state index in [0.717, 1.165) is 12.0 Å². The average molecular weight is 268 g/mol. The van der Waals surface area contributed by atoms with Gasteiger partial charge in [0, 0.05) is 18.7 Å². The van der Waals surface area contributed by atoms with E-state index in [0.29, 0.717) is 18.7 Å². The van der Waals surface area contributed by atoms with Crippen molar-refractivity contribution < 1.29 is 4.79 Å². The molecule has 2 aromatic carbocycles. The maximum atomic E-state index is 12.1. The lowest BCUT2D eigenvalue weighted by Crippen LogP contribution is -2.23. The molecule has 0 aliphatic heterocycles. The van der Waals surface area contributed by atoms with Gasteiger partial charge in [-0.25, -0.2) is 0 Å². The van der Waals surface area contributed by atoms with Crippen LogP contribution >= 0.6 is 0 Å². The first-order valence-electron chi connectivity index (χ1n) is 6.88. The van der Waals surface area contributed by atoms with Gasteiger partial charge in [0.2, 0.25) is 0 Å². The summed E-state index contributed by atoms with van der Waals surface area (Å²) < 4.78 is 0. The number of benzene rings is 2. The van der Waals surface area contributed by atoms with Gasteiger partial charge >= 0.3 is 0 Å². The number of nitrogens with two attached hydrogens (primary N) is 1. The van der Waals surface area contributed by atoms with Crippen LogP contribution in [0, 0.1) is 0 Å². The number of hydrogen-bond donors (Lipinski definition) is 2. The van der Waals surface area contributed by atoms with E-state index < -0.39 is 0 Å². The standard InChI is InChI=1S/C17H20N2O/c1-2-14-5-3-4-6-16(14)12-19-17(20)15-9-7-13(11-18)8-10-15/h3-10H,2,11-12,18H2,1H3,(H,19,20). The third kappa shape index (κ3) is 3.45. The molecule has 2 rings (SSSR count). The monoisotopic (exact) mass is 268 g/mol. The van der Waals surface area contributed by atoms with Gasteiger partial charge in [0.05, 0.1) is 0 Å². The Morgan fingerprint density at radius 1 is 1.05 bits per heavy atom. The van der Waals surface area contributed by atoms with Crippen LogP contribution < -0.4 is 11.1 Å². The van der Waals surface area contributed by atoms with Crippen molar-refractivity contribution in [1.29, 1.82) is 0 Å². The Bertz CT molecular complexity index is 576. The van der Waals surface area contributed by atoms with Crippen molar-refractivity contribution in [3.63, 3.8) is 0 Å². The number of carbonyl (C=O) groups excluding carboxylic acids is 1. The van der Waals surface area contributed by atoms with Gasteiger partial charge < -0.3 is 11.1 Å². The van der Waals surface area contributed by atoms with Crippen LogP contribution in [0.1, 0.15) is 34.0 Å². The van der Waals surface area contributed by atoms with Crippen molar-refractivity contribution in [2.45, 2.75) is 26.4 Å². The van der Waals surface area contributed by atoms with E-state index in [2.05, 4.69) is 24.4 Å². The summed E-state index contributed by atoms with van der Waals surface area (Å²) in [4.78, 5) is 12.1. The molecule has 3 heteroatoms. The number of hydrogen-bond acceptors (Lipinski definition) is 2. The first-order valence-corrected chi connectivity index (χ1v) is 6.88. The van der Waals surface area contributed by atoms with E-state index in [1.165, 1.54) is 11.1 Å². The predicted octanol–water partition coefficient (Wildman–Crippen LogP) is 2.64. The number of carbonyl (C=O) groups is 1. The maximum absolute atomic E-state index is 12.1. The van der Waals surface area contributed by atoms with Crippen molar-refractivity contribution in [3.05, 3.63) is 70.8 Å². The predicted molar refractivity (Wildman–Crippen MR) is 81.3 cm³/mol.